The van der Waals surface area contributed by atoms with Crippen molar-refractivity contribution in [2.75, 3.05) is 25.0 Å². The van der Waals surface area contributed by atoms with Gasteiger partial charge in [-0.2, -0.15) is 4.31 Å². The van der Waals surface area contributed by atoms with Gasteiger partial charge in [-0.25, -0.2) is 8.42 Å². The number of carbonyl (C=O) groups excluding carboxylic acids is 1. The van der Waals surface area contributed by atoms with Gasteiger partial charge in [-0.3, -0.25) is 4.79 Å². The van der Waals surface area contributed by atoms with E-state index in [-0.39, 0.29) is 17.2 Å². The fourth-order valence-corrected chi connectivity index (χ4v) is 4.69. The molecule has 0 unspecified atom stereocenters. The van der Waals surface area contributed by atoms with Crippen LogP contribution in [0, 0.1) is 0 Å². The lowest BCUT2D eigenvalue weighted by Crippen LogP contribution is -2.27. The summed E-state index contributed by atoms with van der Waals surface area (Å²) in [4.78, 5) is 12.5. The van der Waals surface area contributed by atoms with Crippen LogP contribution in [0.1, 0.15) is 23.2 Å². The number of nitrogens with zero attached hydrogens (tertiary/aromatic N) is 1. The number of Topliss-reactive ketones (excluding diaryl/α,β-unsaturated/α-hetero) is 1. The van der Waals surface area contributed by atoms with Crippen LogP contribution in [0.3, 0.4) is 0 Å². The van der Waals surface area contributed by atoms with E-state index in [2.05, 4.69) is 5.32 Å². The molecular formula is C18H18Cl2N2O3S. The first-order valence-corrected chi connectivity index (χ1v) is 10.4. The molecule has 2 aromatic carbocycles. The normalized spacial score (nSPS) is 15.2. The summed E-state index contributed by atoms with van der Waals surface area (Å²) in [5.41, 5.74) is 0.997. The lowest BCUT2D eigenvalue weighted by atomic mass is 10.1. The van der Waals surface area contributed by atoms with Crippen LogP contribution in [-0.2, 0) is 10.0 Å². The van der Waals surface area contributed by atoms with E-state index in [0.29, 0.717) is 34.4 Å². The quantitative estimate of drug-likeness (QED) is 0.725. The Morgan fingerprint density at radius 3 is 2.35 bits per heavy atom. The highest BCUT2D eigenvalue weighted by Gasteiger charge is 2.27. The molecule has 1 heterocycles. The van der Waals surface area contributed by atoms with E-state index in [4.69, 9.17) is 23.2 Å². The second-order valence-electron chi connectivity index (χ2n) is 6.01. The molecule has 26 heavy (non-hydrogen) atoms. The van der Waals surface area contributed by atoms with Gasteiger partial charge in [0.2, 0.25) is 10.0 Å². The fourth-order valence-electron chi connectivity index (χ4n) is 2.81. The van der Waals surface area contributed by atoms with E-state index in [0.717, 1.165) is 12.8 Å². The lowest BCUT2D eigenvalue weighted by molar-refractivity contribution is 0.101. The van der Waals surface area contributed by atoms with Gasteiger partial charge in [0.15, 0.2) is 5.78 Å². The van der Waals surface area contributed by atoms with E-state index in [1.165, 1.54) is 28.6 Å². The van der Waals surface area contributed by atoms with Crippen molar-refractivity contribution in [3.8, 4) is 0 Å². The van der Waals surface area contributed by atoms with Gasteiger partial charge in [-0.15, -0.1) is 0 Å². The maximum Gasteiger partial charge on any atom is 0.243 e. The monoisotopic (exact) mass is 412 g/mol. The minimum absolute atomic E-state index is 0.0261. The first-order valence-electron chi connectivity index (χ1n) is 8.21. The third-order valence-corrected chi connectivity index (χ3v) is 7.00. The second kappa shape index (κ2) is 7.96. The number of benzene rings is 2. The summed E-state index contributed by atoms with van der Waals surface area (Å²) in [6.07, 6.45) is 1.76. The zero-order chi connectivity index (χ0) is 18.7. The number of nitrogens with one attached hydrogen (secondary N) is 1. The van der Waals surface area contributed by atoms with Crippen molar-refractivity contribution in [1.29, 1.82) is 0 Å². The van der Waals surface area contributed by atoms with Crippen molar-refractivity contribution in [3.63, 3.8) is 0 Å². The molecule has 3 rings (SSSR count). The molecule has 0 spiro atoms. The summed E-state index contributed by atoms with van der Waals surface area (Å²) in [6.45, 7) is 1.12. The molecule has 1 aliphatic rings. The Morgan fingerprint density at radius 1 is 1.04 bits per heavy atom. The molecule has 0 aliphatic carbocycles. The van der Waals surface area contributed by atoms with Crippen molar-refractivity contribution in [2.45, 2.75) is 17.7 Å². The van der Waals surface area contributed by atoms with Gasteiger partial charge >= 0.3 is 0 Å². The van der Waals surface area contributed by atoms with E-state index < -0.39 is 10.0 Å². The number of hydrogen-bond acceptors (Lipinski definition) is 4. The molecule has 1 aliphatic heterocycles. The molecule has 5 nitrogen and oxygen atoms in total. The van der Waals surface area contributed by atoms with Gasteiger partial charge < -0.3 is 5.32 Å². The van der Waals surface area contributed by atoms with Gasteiger partial charge in [-0.1, -0.05) is 29.3 Å². The van der Waals surface area contributed by atoms with E-state index >= 15 is 0 Å². The molecule has 1 fully saturated rings. The SMILES string of the molecule is O=C(CNc1cccc(Cl)c1Cl)c1ccc(S(=O)(=O)N2CCCC2)cc1. The van der Waals surface area contributed by atoms with Gasteiger partial charge in [-0.05, 0) is 49.2 Å². The Hall–Kier alpha value is -1.60. The van der Waals surface area contributed by atoms with Gasteiger partial charge in [0.1, 0.15) is 0 Å². The number of ketones is 1. The maximum atomic E-state index is 12.5. The number of carbonyl (C=O) groups is 1. The number of hydrogen-bond donors (Lipinski definition) is 1. The van der Waals surface area contributed by atoms with Crippen molar-refractivity contribution in [2.24, 2.45) is 0 Å². The van der Waals surface area contributed by atoms with Crippen molar-refractivity contribution in [1.82, 2.24) is 4.31 Å². The van der Waals surface area contributed by atoms with E-state index in [1.54, 1.807) is 18.2 Å². The second-order valence-corrected chi connectivity index (χ2v) is 8.74. The predicted molar refractivity (Wildman–Crippen MR) is 104 cm³/mol. The molecular weight excluding hydrogens is 395 g/mol. The molecule has 0 radical (unpaired) electrons. The van der Waals surface area contributed by atoms with Crippen LogP contribution in [-0.4, -0.2) is 38.1 Å². The summed E-state index contributed by atoms with van der Waals surface area (Å²) >= 11 is 12.0. The number of anilines is 1. The van der Waals surface area contributed by atoms with Gasteiger partial charge in [0.05, 0.1) is 27.2 Å². The van der Waals surface area contributed by atoms with E-state index in [1.807, 2.05) is 0 Å². The minimum atomic E-state index is -3.47. The summed E-state index contributed by atoms with van der Waals surface area (Å²) in [5, 5.41) is 3.71. The standard InChI is InChI=1S/C18H18Cl2N2O3S/c19-15-4-3-5-16(18(15)20)21-12-17(23)13-6-8-14(9-7-13)26(24,25)22-10-1-2-11-22/h3-9,21H,1-2,10-12H2. The molecule has 2 aromatic rings. The fraction of sp³-hybridized carbons (Fsp3) is 0.278. The van der Waals surface area contributed by atoms with Crippen molar-refractivity contribution < 1.29 is 13.2 Å². The number of halogens is 2. The van der Waals surface area contributed by atoms with Crippen LogP contribution in [0.25, 0.3) is 0 Å². The highest BCUT2D eigenvalue weighted by Crippen LogP contribution is 2.29. The minimum Gasteiger partial charge on any atom is -0.376 e. The molecule has 1 saturated heterocycles. The summed E-state index contributed by atoms with van der Waals surface area (Å²) < 4.78 is 26.5. The summed E-state index contributed by atoms with van der Waals surface area (Å²) in [6, 6.07) is 11.2. The van der Waals surface area contributed by atoms with Crippen molar-refractivity contribution >= 4 is 44.7 Å². The largest absolute Gasteiger partial charge is 0.376 e. The average molecular weight is 413 g/mol. The third-order valence-electron chi connectivity index (χ3n) is 4.27. The summed E-state index contributed by atoms with van der Waals surface area (Å²) in [7, 11) is -3.47. The average Bonchev–Trinajstić information content (AvgIpc) is 3.18. The molecule has 138 valence electrons. The maximum absolute atomic E-state index is 12.5. The summed E-state index contributed by atoms with van der Waals surface area (Å²) in [5.74, 6) is -0.175. The van der Waals surface area contributed by atoms with Crippen LogP contribution in [0.2, 0.25) is 10.0 Å². The zero-order valence-corrected chi connectivity index (χ0v) is 16.2. The smallest absolute Gasteiger partial charge is 0.243 e. The molecule has 0 aromatic heterocycles. The zero-order valence-electron chi connectivity index (χ0n) is 13.9. The lowest BCUT2D eigenvalue weighted by Gasteiger charge is -2.15. The van der Waals surface area contributed by atoms with Crippen LogP contribution in [0.4, 0.5) is 5.69 Å². The molecule has 0 saturated carbocycles. The van der Waals surface area contributed by atoms with Crippen LogP contribution in [0.5, 0.6) is 0 Å². The highest BCUT2D eigenvalue weighted by atomic mass is 35.5. The number of sulfonamides is 1. The van der Waals surface area contributed by atoms with Crippen molar-refractivity contribution in [3.05, 3.63) is 58.1 Å². The Labute approximate surface area is 163 Å². The Balaban J connectivity index is 1.68. The van der Waals surface area contributed by atoms with Crippen LogP contribution < -0.4 is 5.32 Å². The Kier molecular flexibility index (Phi) is 5.87. The molecule has 0 atom stereocenters. The molecule has 0 bridgehead atoms. The topological polar surface area (TPSA) is 66.5 Å². The van der Waals surface area contributed by atoms with Gasteiger partial charge in [0.25, 0.3) is 0 Å². The first-order chi connectivity index (χ1) is 12.4. The highest BCUT2D eigenvalue weighted by molar-refractivity contribution is 7.89. The Morgan fingerprint density at radius 2 is 1.69 bits per heavy atom. The molecule has 0 amide bonds. The molecule has 8 heteroatoms. The van der Waals surface area contributed by atoms with Crippen LogP contribution in [0.15, 0.2) is 47.4 Å². The first kappa shape index (κ1) is 19.2. The predicted octanol–water partition coefficient (Wildman–Crippen LogP) is 4.07. The van der Waals surface area contributed by atoms with E-state index in [9.17, 15) is 13.2 Å². The third kappa shape index (κ3) is 4.04. The molecule has 1 N–H and O–H groups in total. The van der Waals surface area contributed by atoms with Crippen LogP contribution >= 0.6 is 23.2 Å². The Bertz CT molecular complexity index is 909. The van der Waals surface area contributed by atoms with Gasteiger partial charge in [0, 0.05) is 18.7 Å². The number of rotatable bonds is 6.